The van der Waals surface area contributed by atoms with Crippen molar-refractivity contribution < 1.29 is 4.57 Å². The normalized spacial score (nSPS) is 11.2. The fourth-order valence-corrected chi connectivity index (χ4v) is 1.60. The Morgan fingerprint density at radius 2 is 2.15 bits per heavy atom. The van der Waals surface area contributed by atoms with Gasteiger partial charge in [-0.2, -0.15) is 0 Å². The van der Waals surface area contributed by atoms with E-state index in [9.17, 15) is 0 Å². The highest BCUT2D eigenvalue weighted by molar-refractivity contribution is 4.99. The van der Waals surface area contributed by atoms with E-state index in [0.29, 0.717) is 5.92 Å². The quantitative estimate of drug-likeness (QED) is 0.630. The summed E-state index contributed by atoms with van der Waals surface area (Å²) in [5.74, 6) is 0.623. The molecule has 1 heterocycles. The third-order valence-electron chi connectivity index (χ3n) is 2.33. The van der Waals surface area contributed by atoms with E-state index in [0.717, 1.165) is 6.54 Å². The Kier molecular flexibility index (Phi) is 3.52. The fraction of sp³-hybridized carbons (Fsp3) is 0.727. The maximum absolute atomic E-state index is 2.37. The highest BCUT2D eigenvalue weighted by Gasteiger charge is 2.13. The Balaban J connectivity index is 2.78. The molecule has 74 valence electrons. The molecule has 2 heteroatoms. The molecule has 0 aliphatic rings. The largest absolute Gasteiger partial charge is 0.243 e. The first kappa shape index (κ1) is 10.3. The van der Waals surface area contributed by atoms with Gasteiger partial charge < -0.3 is 0 Å². The molecule has 0 aliphatic heterocycles. The number of nitrogens with zero attached hydrogens (tertiary/aromatic N) is 2. The number of rotatable bonds is 4. The highest BCUT2D eigenvalue weighted by atomic mass is 15.1. The van der Waals surface area contributed by atoms with Crippen molar-refractivity contribution in [1.82, 2.24) is 4.57 Å². The first-order valence-corrected chi connectivity index (χ1v) is 5.20. The first-order chi connectivity index (χ1) is 6.15. The van der Waals surface area contributed by atoms with Gasteiger partial charge in [-0.25, -0.2) is 9.13 Å². The molecule has 1 rings (SSSR count). The maximum Gasteiger partial charge on any atom is 0.243 e. The smallest absolute Gasteiger partial charge is 0.239 e. The van der Waals surface area contributed by atoms with Crippen LogP contribution in [0.1, 0.15) is 45.2 Å². The van der Waals surface area contributed by atoms with Crippen LogP contribution in [0.2, 0.25) is 0 Å². The first-order valence-electron chi connectivity index (χ1n) is 5.20. The lowest BCUT2D eigenvalue weighted by atomic mass is 10.1. The Bertz CT molecular complexity index is 261. The average molecular weight is 181 g/mol. The minimum absolute atomic E-state index is 0.623. The molecule has 0 aromatic carbocycles. The van der Waals surface area contributed by atoms with Gasteiger partial charge in [-0.3, -0.25) is 0 Å². The summed E-state index contributed by atoms with van der Waals surface area (Å²) in [5.41, 5.74) is 1.44. The van der Waals surface area contributed by atoms with Crippen molar-refractivity contribution in [3.8, 4) is 0 Å². The predicted molar refractivity (Wildman–Crippen MR) is 54.6 cm³/mol. The van der Waals surface area contributed by atoms with Crippen LogP contribution >= 0.6 is 0 Å². The lowest BCUT2D eigenvalue weighted by Gasteiger charge is -2.02. The monoisotopic (exact) mass is 181 g/mol. The van der Waals surface area contributed by atoms with E-state index >= 15 is 0 Å². The van der Waals surface area contributed by atoms with E-state index in [2.05, 4.69) is 49.5 Å². The molecule has 0 amide bonds. The molecule has 0 saturated carbocycles. The highest BCUT2D eigenvalue weighted by Crippen LogP contribution is 2.12. The van der Waals surface area contributed by atoms with Gasteiger partial charge in [0.05, 0.1) is 13.6 Å². The Morgan fingerprint density at radius 3 is 2.69 bits per heavy atom. The summed E-state index contributed by atoms with van der Waals surface area (Å²) >= 11 is 0. The summed E-state index contributed by atoms with van der Waals surface area (Å²) in [6.07, 6.45) is 6.94. The predicted octanol–water partition coefficient (Wildman–Crippen LogP) is 2.24. The van der Waals surface area contributed by atoms with E-state index in [4.69, 9.17) is 0 Å². The van der Waals surface area contributed by atoms with Gasteiger partial charge in [-0.15, -0.1) is 0 Å². The average Bonchev–Trinajstić information content (AvgIpc) is 2.43. The maximum atomic E-state index is 2.37. The zero-order valence-electron chi connectivity index (χ0n) is 9.25. The van der Waals surface area contributed by atoms with Crippen LogP contribution in [0.15, 0.2) is 12.5 Å². The van der Waals surface area contributed by atoms with Crippen LogP contribution in [-0.2, 0) is 13.6 Å². The summed E-state index contributed by atoms with van der Waals surface area (Å²) in [6.45, 7) is 7.89. The van der Waals surface area contributed by atoms with Crippen molar-refractivity contribution in [1.29, 1.82) is 0 Å². The lowest BCUT2D eigenvalue weighted by Crippen LogP contribution is -2.23. The number of imidazole rings is 1. The summed E-state index contributed by atoms with van der Waals surface area (Å²) in [5, 5.41) is 0. The molecule has 0 spiro atoms. The number of aryl methyl sites for hydroxylation is 2. The van der Waals surface area contributed by atoms with Crippen LogP contribution in [0.4, 0.5) is 0 Å². The van der Waals surface area contributed by atoms with E-state index < -0.39 is 0 Å². The van der Waals surface area contributed by atoms with E-state index in [1.54, 1.807) is 0 Å². The molecule has 1 aromatic heterocycles. The molecule has 1 aromatic rings. The van der Waals surface area contributed by atoms with Crippen LogP contribution < -0.4 is 4.57 Å². The fourth-order valence-electron chi connectivity index (χ4n) is 1.60. The summed E-state index contributed by atoms with van der Waals surface area (Å²) in [4.78, 5) is 0. The Hall–Kier alpha value is -0.790. The van der Waals surface area contributed by atoms with E-state index in [1.165, 1.54) is 18.5 Å². The van der Waals surface area contributed by atoms with Crippen LogP contribution in [0, 0.1) is 0 Å². The van der Waals surface area contributed by atoms with Crippen molar-refractivity contribution >= 4 is 0 Å². The van der Waals surface area contributed by atoms with Crippen molar-refractivity contribution in [3.63, 3.8) is 0 Å². The zero-order chi connectivity index (χ0) is 9.84. The van der Waals surface area contributed by atoms with E-state index in [-0.39, 0.29) is 0 Å². The van der Waals surface area contributed by atoms with Gasteiger partial charge in [0.25, 0.3) is 0 Å². The molecular weight excluding hydrogens is 160 g/mol. The lowest BCUT2D eigenvalue weighted by molar-refractivity contribution is -0.671. The molecule has 0 saturated heterocycles. The third kappa shape index (κ3) is 2.58. The molecule has 0 atom stereocenters. The molecule has 13 heavy (non-hydrogen) atoms. The van der Waals surface area contributed by atoms with Gasteiger partial charge in [-0.1, -0.05) is 27.2 Å². The zero-order valence-corrected chi connectivity index (χ0v) is 9.25. The third-order valence-corrected chi connectivity index (χ3v) is 2.33. The summed E-state index contributed by atoms with van der Waals surface area (Å²) < 4.78 is 4.51. The molecule has 0 N–H and O–H groups in total. The minimum atomic E-state index is 0.623. The van der Waals surface area contributed by atoms with Crippen molar-refractivity contribution in [2.45, 2.75) is 46.1 Å². The van der Waals surface area contributed by atoms with Gasteiger partial charge in [0, 0.05) is 5.92 Å². The van der Waals surface area contributed by atoms with Crippen LogP contribution in [0.3, 0.4) is 0 Å². The molecule has 0 aliphatic carbocycles. The second kappa shape index (κ2) is 4.45. The van der Waals surface area contributed by atoms with Gasteiger partial charge >= 0.3 is 0 Å². The van der Waals surface area contributed by atoms with Crippen LogP contribution in [0.5, 0.6) is 0 Å². The van der Waals surface area contributed by atoms with Crippen LogP contribution in [0.25, 0.3) is 0 Å². The van der Waals surface area contributed by atoms with Crippen molar-refractivity contribution in [2.75, 3.05) is 0 Å². The number of unbranched alkanes of at least 4 members (excludes halogenated alkanes) is 1. The molecular formula is C11H21N2+. The van der Waals surface area contributed by atoms with Gasteiger partial charge in [0.2, 0.25) is 6.33 Å². The standard InChI is InChI=1S/C11H21N2/c1-5-6-7-13-9-12(4)8-11(13)10(2)3/h8-10H,5-7H2,1-4H3/q+1. The minimum Gasteiger partial charge on any atom is -0.239 e. The number of hydrogen-bond acceptors (Lipinski definition) is 0. The topological polar surface area (TPSA) is 8.81 Å². The summed E-state index contributed by atoms with van der Waals surface area (Å²) in [6, 6.07) is 0. The molecule has 0 fully saturated rings. The second-order valence-electron chi connectivity index (χ2n) is 4.04. The van der Waals surface area contributed by atoms with Crippen molar-refractivity contribution in [3.05, 3.63) is 18.2 Å². The Morgan fingerprint density at radius 1 is 1.46 bits per heavy atom. The second-order valence-corrected chi connectivity index (χ2v) is 4.04. The van der Waals surface area contributed by atoms with E-state index in [1.807, 2.05) is 0 Å². The SMILES string of the molecule is CCCCn1c[n+](C)cc1C(C)C. The van der Waals surface area contributed by atoms with Crippen molar-refractivity contribution in [2.24, 2.45) is 7.05 Å². The number of aromatic nitrogens is 2. The van der Waals surface area contributed by atoms with Crippen LogP contribution in [-0.4, -0.2) is 4.57 Å². The molecule has 0 radical (unpaired) electrons. The molecule has 2 nitrogen and oxygen atoms in total. The molecule has 0 unspecified atom stereocenters. The number of hydrogen-bond donors (Lipinski definition) is 0. The van der Waals surface area contributed by atoms with Gasteiger partial charge in [-0.05, 0) is 6.42 Å². The molecule has 0 bridgehead atoms. The summed E-state index contributed by atoms with van der Waals surface area (Å²) in [7, 11) is 2.09. The van der Waals surface area contributed by atoms with Gasteiger partial charge in [0.1, 0.15) is 11.9 Å². The van der Waals surface area contributed by atoms with Gasteiger partial charge in [0.15, 0.2) is 0 Å². The Labute approximate surface area is 81.2 Å².